The van der Waals surface area contributed by atoms with E-state index < -0.39 is 5.60 Å². The minimum Gasteiger partial charge on any atom is -0.490 e. The van der Waals surface area contributed by atoms with Gasteiger partial charge in [0, 0.05) is 41.7 Å². The molecule has 0 bridgehead atoms. The number of carbonyl (C=O) groups excluding carboxylic acids is 1. The average Bonchev–Trinajstić information content (AvgIpc) is 2.75. The van der Waals surface area contributed by atoms with Gasteiger partial charge < -0.3 is 19.7 Å². The van der Waals surface area contributed by atoms with Crippen LogP contribution in [0.3, 0.4) is 0 Å². The van der Waals surface area contributed by atoms with E-state index in [0.717, 1.165) is 40.7 Å². The smallest absolute Gasteiger partial charge is 0.410 e. The van der Waals surface area contributed by atoms with Crippen LogP contribution in [0.15, 0.2) is 65.7 Å². The Morgan fingerprint density at radius 1 is 1.19 bits per heavy atom. The van der Waals surface area contributed by atoms with Crippen molar-refractivity contribution in [3.63, 3.8) is 0 Å². The Balaban J connectivity index is 1.66. The highest BCUT2D eigenvalue weighted by atomic mass is 79.9. The molecule has 1 fully saturated rings. The van der Waals surface area contributed by atoms with Gasteiger partial charge >= 0.3 is 6.09 Å². The fraction of sp³-hybridized carbons (Fsp3) is 0.423. The first-order valence-electron chi connectivity index (χ1n) is 11.1. The average molecular weight is 501 g/mol. The number of benzene rings is 2. The van der Waals surface area contributed by atoms with Gasteiger partial charge in [-0.25, -0.2) is 4.79 Å². The van der Waals surface area contributed by atoms with E-state index in [9.17, 15) is 4.79 Å². The number of nitrogens with zero attached hydrogens (tertiary/aromatic N) is 1. The Morgan fingerprint density at radius 3 is 2.47 bits per heavy atom. The Hall–Kier alpha value is -2.47. The molecule has 2 aromatic carbocycles. The molecule has 32 heavy (non-hydrogen) atoms. The number of nitrogens with one attached hydrogen (secondary N) is 1. The molecular weight excluding hydrogens is 468 g/mol. The van der Waals surface area contributed by atoms with Crippen molar-refractivity contribution >= 4 is 27.7 Å². The predicted octanol–water partition coefficient (Wildman–Crippen LogP) is 6.96. The summed E-state index contributed by atoms with van der Waals surface area (Å²) in [5, 5.41) is 3.60. The lowest BCUT2D eigenvalue weighted by Gasteiger charge is -2.34. The molecule has 5 nitrogen and oxygen atoms in total. The normalized spacial score (nSPS) is 15.7. The molecule has 1 atom stereocenters. The van der Waals surface area contributed by atoms with Crippen molar-refractivity contribution in [1.29, 1.82) is 0 Å². The standard InChI is InChI=1S/C26H33BrN2O3/c1-5-8-23(28-20-13-11-19(27)12-14-20)22-9-6-7-10-24(22)31-21-15-17-29(18-16-21)25(30)32-26(2,3)4/h5-7,9-14,21,23,28H,1,8,15-18H2,2-4H3. The molecule has 2 aromatic rings. The van der Waals surface area contributed by atoms with Crippen molar-refractivity contribution in [2.45, 2.75) is 57.8 Å². The maximum atomic E-state index is 12.3. The van der Waals surface area contributed by atoms with Crippen molar-refractivity contribution in [1.82, 2.24) is 4.90 Å². The summed E-state index contributed by atoms with van der Waals surface area (Å²) in [6.07, 6.45) is 4.06. The summed E-state index contributed by atoms with van der Waals surface area (Å²) in [6, 6.07) is 16.4. The highest BCUT2D eigenvalue weighted by Gasteiger charge is 2.28. The Kier molecular flexibility index (Phi) is 8.24. The van der Waals surface area contributed by atoms with Crippen LogP contribution in [0.5, 0.6) is 5.75 Å². The lowest BCUT2D eigenvalue weighted by atomic mass is 10.0. The molecule has 1 aliphatic heterocycles. The summed E-state index contributed by atoms with van der Waals surface area (Å²) in [5.74, 6) is 0.875. The summed E-state index contributed by atoms with van der Waals surface area (Å²) in [5.41, 5.74) is 1.66. The van der Waals surface area contributed by atoms with Gasteiger partial charge in [-0.3, -0.25) is 0 Å². The molecule has 0 spiro atoms. The van der Waals surface area contributed by atoms with Crippen LogP contribution in [0.25, 0.3) is 0 Å². The molecule has 1 N–H and O–H groups in total. The number of rotatable bonds is 7. The number of piperidine rings is 1. The first-order chi connectivity index (χ1) is 15.2. The van der Waals surface area contributed by atoms with Gasteiger partial charge in [-0.1, -0.05) is 40.2 Å². The number of anilines is 1. The third kappa shape index (κ3) is 7.02. The molecule has 0 saturated carbocycles. The first kappa shape index (κ1) is 24.2. The maximum absolute atomic E-state index is 12.3. The van der Waals surface area contributed by atoms with E-state index in [2.05, 4.69) is 46.0 Å². The predicted molar refractivity (Wildman–Crippen MR) is 133 cm³/mol. The minimum absolute atomic E-state index is 0.0479. The van der Waals surface area contributed by atoms with Crippen molar-refractivity contribution in [3.05, 3.63) is 71.2 Å². The molecule has 1 saturated heterocycles. The number of hydrogen-bond acceptors (Lipinski definition) is 4. The topological polar surface area (TPSA) is 50.8 Å². The van der Waals surface area contributed by atoms with E-state index in [0.29, 0.717) is 13.1 Å². The fourth-order valence-corrected chi connectivity index (χ4v) is 3.98. The second-order valence-corrected chi connectivity index (χ2v) is 9.97. The zero-order chi connectivity index (χ0) is 23.1. The van der Waals surface area contributed by atoms with Crippen LogP contribution in [-0.4, -0.2) is 35.8 Å². The number of ether oxygens (including phenoxy) is 2. The van der Waals surface area contributed by atoms with Crippen molar-refractivity contribution in [2.75, 3.05) is 18.4 Å². The zero-order valence-electron chi connectivity index (χ0n) is 19.1. The number of halogens is 1. The van der Waals surface area contributed by atoms with Gasteiger partial charge in [-0.05, 0) is 57.5 Å². The monoisotopic (exact) mass is 500 g/mol. The van der Waals surface area contributed by atoms with Crippen LogP contribution in [0.4, 0.5) is 10.5 Å². The molecule has 6 heteroatoms. The molecule has 1 unspecified atom stereocenters. The number of likely N-dealkylation sites (tertiary alicyclic amines) is 1. The molecule has 3 rings (SSSR count). The Labute approximate surface area is 199 Å². The quantitative estimate of drug-likeness (QED) is 0.417. The third-order valence-corrected chi connectivity index (χ3v) is 5.80. The third-order valence-electron chi connectivity index (χ3n) is 5.27. The van der Waals surface area contributed by atoms with Gasteiger partial charge in [0.25, 0.3) is 0 Å². The minimum atomic E-state index is -0.481. The molecule has 0 aromatic heterocycles. The molecule has 0 aliphatic carbocycles. The summed E-state index contributed by atoms with van der Waals surface area (Å²) >= 11 is 3.49. The molecule has 172 valence electrons. The summed E-state index contributed by atoms with van der Waals surface area (Å²) in [6.45, 7) is 10.9. The second kappa shape index (κ2) is 10.9. The van der Waals surface area contributed by atoms with E-state index in [-0.39, 0.29) is 18.2 Å². The number of amides is 1. The van der Waals surface area contributed by atoms with Crippen molar-refractivity contribution < 1.29 is 14.3 Å². The highest BCUT2D eigenvalue weighted by Crippen LogP contribution is 2.32. The summed E-state index contributed by atoms with van der Waals surface area (Å²) in [4.78, 5) is 14.1. The molecule has 1 amide bonds. The van der Waals surface area contributed by atoms with Crippen molar-refractivity contribution in [3.8, 4) is 5.75 Å². The van der Waals surface area contributed by atoms with Crippen LogP contribution in [-0.2, 0) is 4.74 Å². The second-order valence-electron chi connectivity index (χ2n) is 9.05. The lowest BCUT2D eigenvalue weighted by molar-refractivity contribution is 0.0125. The van der Waals surface area contributed by atoms with Gasteiger partial charge in [0.2, 0.25) is 0 Å². The van der Waals surface area contributed by atoms with E-state index in [1.54, 1.807) is 4.90 Å². The van der Waals surface area contributed by atoms with Gasteiger partial charge in [-0.15, -0.1) is 6.58 Å². The van der Waals surface area contributed by atoms with Crippen LogP contribution in [0, 0.1) is 0 Å². The van der Waals surface area contributed by atoms with E-state index in [1.807, 2.05) is 57.2 Å². The van der Waals surface area contributed by atoms with Gasteiger partial charge in [0.1, 0.15) is 17.5 Å². The largest absolute Gasteiger partial charge is 0.490 e. The van der Waals surface area contributed by atoms with Gasteiger partial charge in [-0.2, -0.15) is 0 Å². The number of carbonyl (C=O) groups is 1. The Morgan fingerprint density at radius 2 is 1.84 bits per heavy atom. The van der Waals surface area contributed by atoms with Crippen molar-refractivity contribution in [2.24, 2.45) is 0 Å². The first-order valence-corrected chi connectivity index (χ1v) is 11.9. The molecular formula is C26H33BrN2O3. The molecule has 1 heterocycles. The number of para-hydroxylation sites is 1. The van der Waals surface area contributed by atoms with Crippen LogP contribution >= 0.6 is 15.9 Å². The van der Waals surface area contributed by atoms with E-state index >= 15 is 0 Å². The van der Waals surface area contributed by atoms with Crippen LogP contribution in [0.1, 0.15) is 51.6 Å². The van der Waals surface area contributed by atoms with Gasteiger partial charge in [0.15, 0.2) is 0 Å². The number of hydrogen-bond donors (Lipinski definition) is 1. The van der Waals surface area contributed by atoms with E-state index in [1.165, 1.54) is 0 Å². The highest BCUT2D eigenvalue weighted by molar-refractivity contribution is 9.10. The zero-order valence-corrected chi connectivity index (χ0v) is 20.7. The summed E-state index contributed by atoms with van der Waals surface area (Å²) < 4.78 is 13.0. The maximum Gasteiger partial charge on any atom is 0.410 e. The molecule has 1 aliphatic rings. The van der Waals surface area contributed by atoms with E-state index in [4.69, 9.17) is 9.47 Å². The Bertz CT molecular complexity index is 900. The SMILES string of the molecule is C=CCC(Nc1ccc(Br)cc1)c1ccccc1OC1CCN(C(=O)OC(C)(C)C)CC1. The molecule has 0 radical (unpaired) electrons. The summed E-state index contributed by atoms with van der Waals surface area (Å²) in [7, 11) is 0. The van der Waals surface area contributed by atoms with Crippen LogP contribution in [0.2, 0.25) is 0 Å². The fourth-order valence-electron chi connectivity index (χ4n) is 3.72. The van der Waals surface area contributed by atoms with Crippen LogP contribution < -0.4 is 10.1 Å². The van der Waals surface area contributed by atoms with Gasteiger partial charge in [0.05, 0.1) is 6.04 Å². The lowest BCUT2D eigenvalue weighted by Crippen LogP contribution is -2.44.